The second kappa shape index (κ2) is 19.6. The summed E-state index contributed by atoms with van der Waals surface area (Å²) in [6.07, 6.45) is 0.647. The fourth-order valence-electron chi connectivity index (χ4n) is 7.14. The highest BCUT2D eigenvalue weighted by Crippen LogP contribution is 2.46. The number of anilines is 1. The molecule has 1 aliphatic heterocycles. The topological polar surface area (TPSA) is 89.1 Å². The Bertz CT molecular complexity index is 2090. The molecule has 0 saturated carbocycles. The molecule has 298 valence electrons. The molecule has 2 amide bonds. The number of carbonyl (C=O) groups excluding carboxylic acids is 2. The Morgan fingerprint density at radius 1 is 0.825 bits per heavy atom. The molecule has 5 aromatic rings. The molecule has 0 spiro atoms. The summed E-state index contributed by atoms with van der Waals surface area (Å²) in [4.78, 5) is 29.9. The average Bonchev–Trinajstić information content (AvgIpc) is 3.32. The first-order valence-electron chi connectivity index (χ1n) is 19.8. The van der Waals surface area contributed by atoms with Crippen molar-refractivity contribution in [1.82, 2.24) is 10.6 Å². The quantitative estimate of drug-likeness (QED) is 0.0918. The van der Waals surface area contributed by atoms with Crippen molar-refractivity contribution in [3.05, 3.63) is 149 Å². The van der Waals surface area contributed by atoms with Crippen molar-refractivity contribution in [1.29, 1.82) is 0 Å². The lowest BCUT2D eigenvalue weighted by Crippen LogP contribution is -2.45. The van der Waals surface area contributed by atoms with Crippen LogP contribution in [0.4, 0.5) is 10.1 Å². The second-order valence-electron chi connectivity index (χ2n) is 15.6. The van der Waals surface area contributed by atoms with Crippen LogP contribution in [0.3, 0.4) is 0 Å². The molecule has 0 aromatic heterocycles. The minimum absolute atomic E-state index is 0.0153. The van der Waals surface area contributed by atoms with Crippen molar-refractivity contribution in [3.8, 4) is 22.6 Å². The smallest absolute Gasteiger partial charge is 0.256 e. The zero-order valence-corrected chi connectivity index (χ0v) is 33.4. The third-order valence-corrected chi connectivity index (χ3v) is 9.90. The molecule has 2 N–H and O–H groups in total. The largest absolute Gasteiger partial charge is 0.492 e. The predicted octanol–water partition coefficient (Wildman–Crippen LogP) is 9.07. The lowest BCUT2D eigenvalue weighted by atomic mass is 9.92. The monoisotopic (exact) mass is 771 g/mol. The first-order valence-corrected chi connectivity index (χ1v) is 19.8. The van der Waals surface area contributed by atoms with Gasteiger partial charge in [0.25, 0.3) is 5.91 Å². The van der Waals surface area contributed by atoms with Gasteiger partial charge in [-0.3, -0.25) is 9.59 Å². The number of aryl methyl sites for hydroxylation is 1. The van der Waals surface area contributed by atoms with Crippen molar-refractivity contribution in [2.75, 3.05) is 38.3 Å². The summed E-state index contributed by atoms with van der Waals surface area (Å²) in [6, 6.07) is 38.6. The van der Waals surface area contributed by atoms with E-state index in [0.717, 1.165) is 49.0 Å². The lowest BCUT2D eigenvalue weighted by molar-refractivity contribution is -0.138. The minimum Gasteiger partial charge on any atom is -0.492 e. The number of hydrogen-bond donors (Lipinski definition) is 2. The van der Waals surface area contributed by atoms with Crippen molar-refractivity contribution in [3.63, 3.8) is 0 Å². The van der Waals surface area contributed by atoms with Gasteiger partial charge in [0.2, 0.25) is 5.91 Å². The highest BCUT2D eigenvalue weighted by molar-refractivity contribution is 6.00. The van der Waals surface area contributed by atoms with E-state index in [0.29, 0.717) is 41.5 Å². The number of hydrogen-bond acceptors (Lipinski definition) is 6. The summed E-state index contributed by atoms with van der Waals surface area (Å²) in [6.45, 7) is 8.78. The first-order chi connectivity index (χ1) is 27.6. The molecule has 0 fully saturated rings. The number of ether oxygens (including phenoxy) is 3. The van der Waals surface area contributed by atoms with Crippen LogP contribution < -0.4 is 25.0 Å². The molecule has 0 saturated heterocycles. The summed E-state index contributed by atoms with van der Waals surface area (Å²) >= 11 is 0. The minimum atomic E-state index is -1.16. The molecule has 0 unspecified atom stereocenters. The summed E-state index contributed by atoms with van der Waals surface area (Å²) < 4.78 is 33.7. The number of carbonyl (C=O) groups is 2. The molecule has 2 atom stereocenters. The Morgan fingerprint density at radius 2 is 1.54 bits per heavy atom. The number of methoxy groups -OCH3 is 1. The fraction of sp³-hybridized carbons (Fsp3) is 0.333. The van der Waals surface area contributed by atoms with Gasteiger partial charge in [-0.15, -0.1) is 0 Å². The Kier molecular flexibility index (Phi) is 14.1. The molecular weight excluding hydrogens is 718 g/mol. The molecule has 0 radical (unpaired) electrons. The maximum absolute atomic E-state index is 14.6. The number of benzene rings is 5. The predicted molar refractivity (Wildman–Crippen MR) is 224 cm³/mol. The van der Waals surface area contributed by atoms with Crippen LogP contribution in [-0.4, -0.2) is 51.3 Å². The Labute approximate surface area is 336 Å². The van der Waals surface area contributed by atoms with Crippen molar-refractivity contribution in [2.45, 2.75) is 65.2 Å². The van der Waals surface area contributed by atoms with Crippen LogP contribution in [0.5, 0.6) is 11.5 Å². The van der Waals surface area contributed by atoms with Crippen LogP contribution in [0, 0.1) is 11.2 Å². The zero-order valence-electron chi connectivity index (χ0n) is 33.4. The van der Waals surface area contributed by atoms with Crippen molar-refractivity contribution < 1.29 is 28.2 Å². The summed E-state index contributed by atoms with van der Waals surface area (Å²) in [7, 11) is 1.60. The van der Waals surface area contributed by atoms with Crippen LogP contribution in [0.1, 0.15) is 68.4 Å². The number of amides is 2. The van der Waals surface area contributed by atoms with Crippen molar-refractivity contribution in [2.24, 2.45) is 5.41 Å². The van der Waals surface area contributed by atoms with Crippen LogP contribution in [0.15, 0.2) is 121 Å². The second-order valence-corrected chi connectivity index (χ2v) is 15.6. The standard InChI is InChI=1S/C48H54FN3O5/c1-48(2,3)33-52-41-26-25-36(35-19-9-6-10-20-35)30-39(41)45(57-43(47(52)54)31-44(53)51-32-37-21-11-12-23-40(37)49)38-22-13-24-42(46(38)55-4)56-29-15-28-50-27-14-18-34-16-7-5-8-17-34/h5-13,16-17,19-26,30,43,45,50H,14-15,18,27-29,31-33H2,1-4H3,(H,51,53)/t43-,45-/m0/s1. The SMILES string of the molecule is COc1c(OCCCNCCCc2ccccc2)cccc1[C@@H]1O[C@@H](CC(=O)NCc2ccccc2F)C(=O)N(CC(C)(C)C)c2ccc(-c3ccccc3)cc21. The molecule has 1 aliphatic rings. The van der Waals surface area contributed by atoms with Crippen LogP contribution in [0.2, 0.25) is 0 Å². The van der Waals surface area contributed by atoms with E-state index in [1.54, 1.807) is 30.2 Å². The Balaban J connectivity index is 1.28. The molecule has 0 aliphatic carbocycles. The summed E-state index contributed by atoms with van der Waals surface area (Å²) in [5.41, 5.74) is 5.50. The van der Waals surface area contributed by atoms with Crippen LogP contribution in [0.25, 0.3) is 11.1 Å². The van der Waals surface area contributed by atoms with E-state index in [4.69, 9.17) is 14.2 Å². The number of halogens is 1. The maximum atomic E-state index is 14.6. The fourth-order valence-corrected chi connectivity index (χ4v) is 7.14. The van der Waals surface area contributed by atoms with E-state index in [-0.39, 0.29) is 24.3 Å². The maximum Gasteiger partial charge on any atom is 0.256 e. The highest BCUT2D eigenvalue weighted by Gasteiger charge is 2.40. The van der Waals surface area contributed by atoms with Gasteiger partial charge in [-0.1, -0.05) is 118 Å². The number of nitrogens with one attached hydrogen (secondary N) is 2. The normalized spacial score (nSPS) is 15.5. The van der Waals surface area contributed by atoms with Gasteiger partial charge in [0.1, 0.15) is 18.0 Å². The Hall–Kier alpha value is -5.51. The molecule has 9 heteroatoms. The average molecular weight is 772 g/mol. The lowest BCUT2D eigenvalue weighted by Gasteiger charge is -2.31. The van der Waals surface area contributed by atoms with Crippen LogP contribution >= 0.6 is 0 Å². The van der Waals surface area contributed by atoms with Gasteiger partial charge in [-0.05, 0) is 78.7 Å². The molecule has 5 aromatic carbocycles. The zero-order chi connectivity index (χ0) is 40.2. The summed E-state index contributed by atoms with van der Waals surface area (Å²) in [5.74, 6) is -0.117. The summed E-state index contributed by atoms with van der Waals surface area (Å²) in [5, 5.41) is 6.32. The van der Waals surface area contributed by atoms with Gasteiger partial charge in [0.05, 0.1) is 20.1 Å². The van der Waals surface area contributed by atoms with E-state index in [1.807, 2.05) is 66.7 Å². The third-order valence-electron chi connectivity index (χ3n) is 9.90. The number of para-hydroxylation sites is 1. The molecule has 57 heavy (non-hydrogen) atoms. The number of rotatable bonds is 17. The van der Waals surface area contributed by atoms with Crippen molar-refractivity contribution >= 4 is 17.5 Å². The van der Waals surface area contributed by atoms with E-state index in [1.165, 1.54) is 11.6 Å². The van der Waals surface area contributed by atoms with E-state index < -0.39 is 23.9 Å². The van der Waals surface area contributed by atoms with Gasteiger partial charge in [0.15, 0.2) is 11.5 Å². The Morgan fingerprint density at radius 3 is 2.28 bits per heavy atom. The molecule has 8 nitrogen and oxygen atoms in total. The number of nitrogens with zero attached hydrogens (tertiary/aromatic N) is 1. The van der Waals surface area contributed by atoms with Gasteiger partial charge in [-0.25, -0.2) is 4.39 Å². The van der Waals surface area contributed by atoms with Gasteiger partial charge in [0, 0.05) is 35.5 Å². The van der Waals surface area contributed by atoms with Gasteiger partial charge >= 0.3 is 0 Å². The number of fused-ring (bicyclic) bond motifs is 1. The van der Waals surface area contributed by atoms with E-state index >= 15 is 0 Å². The van der Waals surface area contributed by atoms with Gasteiger partial charge < -0.3 is 29.7 Å². The van der Waals surface area contributed by atoms with Gasteiger partial charge in [-0.2, -0.15) is 0 Å². The first kappa shape index (κ1) is 41.1. The van der Waals surface area contributed by atoms with E-state index in [9.17, 15) is 14.0 Å². The molecule has 0 bridgehead atoms. The van der Waals surface area contributed by atoms with Crippen LogP contribution in [-0.2, 0) is 27.3 Å². The molecule has 1 heterocycles. The van der Waals surface area contributed by atoms with E-state index in [2.05, 4.69) is 61.7 Å². The third kappa shape index (κ3) is 11.1. The molecular formula is C48H54FN3O5. The highest BCUT2D eigenvalue weighted by atomic mass is 19.1. The molecule has 6 rings (SSSR count).